The number of carboxylic acid groups (broad SMARTS) is 1. The van der Waals surface area contributed by atoms with E-state index in [-0.39, 0.29) is 48.4 Å². The number of aliphatic hydroxyl groups is 1. The van der Waals surface area contributed by atoms with Crippen molar-refractivity contribution in [2.45, 2.75) is 41.0 Å². The standard InChI is InChI=1S/C6H9NO4.C6H10O3.C2H4O2.Na/c1-3-11-6(9)5(7-10)4(2)8;1-3-9-6(8)4-5(2)7;1-2(3)4;/h8H,3H2,1-2H3;3-4H2,1-2H3;1H3,(H,3,4);/q;;;+1/p-1. The number of Topliss-reactive ketones (excluding diaryl/α,β-unsaturated/α-hetero) is 1. The molecule has 0 fully saturated rings. The summed E-state index contributed by atoms with van der Waals surface area (Å²) >= 11 is 0. The molecule has 0 spiro atoms. The van der Waals surface area contributed by atoms with Gasteiger partial charge < -0.3 is 24.5 Å². The summed E-state index contributed by atoms with van der Waals surface area (Å²) in [7, 11) is 0. The van der Waals surface area contributed by atoms with Gasteiger partial charge in [0.2, 0.25) is 5.70 Å². The van der Waals surface area contributed by atoms with Crippen LogP contribution in [0.15, 0.2) is 16.6 Å². The fourth-order valence-electron chi connectivity index (χ4n) is 0.866. The van der Waals surface area contributed by atoms with Crippen LogP contribution >= 0.6 is 0 Å². The van der Waals surface area contributed by atoms with Gasteiger partial charge in [-0.2, -0.15) is 0 Å². The first kappa shape index (κ1) is 31.0. The molecule has 0 unspecified atom stereocenters. The van der Waals surface area contributed by atoms with Gasteiger partial charge in [0.25, 0.3) is 0 Å². The zero-order chi connectivity index (χ0) is 19.7. The summed E-state index contributed by atoms with van der Waals surface area (Å²) in [5.41, 5.74) is -0.577. The molecule has 0 heterocycles. The van der Waals surface area contributed by atoms with Gasteiger partial charge in [-0.3, -0.25) is 9.59 Å². The molecule has 138 valence electrons. The minimum Gasteiger partial charge on any atom is -0.550 e. The van der Waals surface area contributed by atoms with Gasteiger partial charge in [-0.05, 0) is 39.8 Å². The maximum absolute atomic E-state index is 10.7. The number of ether oxygens (including phenoxy) is 2. The van der Waals surface area contributed by atoms with Crippen molar-refractivity contribution >= 4 is 23.7 Å². The average molecular weight is 371 g/mol. The second-order valence-corrected chi connectivity index (χ2v) is 3.92. The van der Waals surface area contributed by atoms with E-state index in [0.717, 1.165) is 6.92 Å². The number of carbonyl (C=O) groups excluding carboxylic acids is 4. The fourth-order valence-corrected chi connectivity index (χ4v) is 0.866. The van der Waals surface area contributed by atoms with Crippen molar-refractivity contribution in [3.05, 3.63) is 16.4 Å². The van der Waals surface area contributed by atoms with Gasteiger partial charge in [-0.1, -0.05) is 0 Å². The number of aliphatic carboxylic acids is 1. The Bertz CT molecular complexity index is 467. The summed E-state index contributed by atoms with van der Waals surface area (Å²) in [5, 5.41) is 19.9. The first-order chi connectivity index (χ1) is 11.0. The second kappa shape index (κ2) is 20.3. The van der Waals surface area contributed by atoms with Crippen LogP contribution in [0.25, 0.3) is 0 Å². The van der Waals surface area contributed by atoms with Crippen molar-refractivity contribution in [2.75, 3.05) is 13.2 Å². The van der Waals surface area contributed by atoms with E-state index in [1.54, 1.807) is 13.8 Å². The van der Waals surface area contributed by atoms with Crippen molar-refractivity contribution in [3.63, 3.8) is 0 Å². The molecule has 0 saturated carbocycles. The molecule has 0 saturated heterocycles. The van der Waals surface area contributed by atoms with Crippen LogP contribution in [0.1, 0.15) is 41.0 Å². The van der Waals surface area contributed by atoms with Crippen LogP contribution in [0.4, 0.5) is 0 Å². The minimum absolute atomic E-state index is 0. The molecule has 10 nitrogen and oxygen atoms in total. The van der Waals surface area contributed by atoms with E-state index in [1.807, 2.05) is 0 Å². The molecular weight excluding hydrogens is 349 g/mol. The number of allylic oxidation sites excluding steroid dienone is 1. The summed E-state index contributed by atoms with van der Waals surface area (Å²) < 4.78 is 8.90. The number of nitrogens with zero attached hydrogens (tertiary/aromatic N) is 1. The summed E-state index contributed by atoms with van der Waals surface area (Å²) in [6.45, 7) is 7.30. The third-order valence-electron chi connectivity index (χ3n) is 1.60. The van der Waals surface area contributed by atoms with Crippen LogP contribution in [0.3, 0.4) is 0 Å². The quantitative estimate of drug-likeness (QED) is 0.132. The van der Waals surface area contributed by atoms with E-state index in [2.05, 4.69) is 14.7 Å². The van der Waals surface area contributed by atoms with Gasteiger partial charge >= 0.3 is 41.5 Å². The summed E-state index contributed by atoms with van der Waals surface area (Å²) in [5.74, 6) is -3.01. The molecule has 0 atom stereocenters. The molecule has 0 bridgehead atoms. The first-order valence-corrected chi connectivity index (χ1v) is 6.76. The first-order valence-electron chi connectivity index (χ1n) is 6.76. The van der Waals surface area contributed by atoms with Gasteiger partial charge in [0, 0.05) is 5.97 Å². The van der Waals surface area contributed by atoms with Crippen molar-refractivity contribution < 1.29 is 68.4 Å². The SMILES string of the molecule is CC(=O)[O-].CCOC(=O)C(N=O)=C(C)O.CCOC(=O)CC(C)=O.[Na+]. The zero-order valence-electron chi connectivity index (χ0n) is 15.3. The Kier molecular flexibility index (Phi) is 25.2. The molecule has 0 amide bonds. The molecule has 0 aliphatic heterocycles. The Morgan fingerprint density at radius 1 is 1.00 bits per heavy atom. The van der Waals surface area contributed by atoms with Crippen LogP contribution in [0.2, 0.25) is 0 Å². The molecule has 0 rings (SSSR count). The Labute approximate surface area is 167 Å². The molecule has 0 aromatic rings. The monoisotopic (exact) mass is 371 g/mol. The summed E-state index contributed by atoms with van der Waals surface area (Å²) in [6, 6.07) is 0. The largest absolute Gasteiger partial charge is 1.00 e. The number of carbonyl (C=O) groups is 4. The number of ketones is 1. The number of carboxylic acids is 1. The molecule has 1 N–H and O–H groups in total. The van der Waals surface area contributed by atoms with E-state index in [0.29, 0.717) is 6.61 Å². The van der Waals surface area contributed by atoms with E-state index < -0.39 is 29.4 Å². The normalized spacial score (nSPS) is 9.32. The van der Waals surface area contributed by atoms with Crippen molar-refractivity contribution in [1.29, 1.82) is 0 Å². The maximum atomic E-state index is 10.7. The number of hydrogen-bond acceptors (Lipinski definition) is 10. The van der Waals surface area contributed by atoms with E-state index in [1.165, 1.54) is 13.8 Å². The number of esters is 2. The molecule has 0 aliphatic carbocycles. The smallest absolute Gasteiger partial charge is 0.550 e. The van der Waals surface area contributed by atoms with Crippen LogP contribution in [-0.2, 0) is 28.7 Å². The van der Waals surface area contributed by atoms with Crippen LogP contribution in [0.5, 0.6) is 0 Å². The third kappa shape index (κ3) is 27.4. The number of aliphatic hydroxyl groups excluding tert-OH is 1. The third-order valence-corrected chi connectivity index (χ3v) is 1.60. The Balaban J connectivity index is -0.000000142. The second-order valence-electron chi connectivity index (χ2n) is 3.92. The zero-order valence-corrected chi connectivity index (χ0v) is 17.3. The fraction of sp³-hybridized carbons (Fsp3) is 0.571. The van der Waals surface area contributed by atoms with Gasteiger partial charge in [0.15, 0.2) is 0 Å². The molecular formula is C14H22NNaO9. The van der Waals surface area contributed by atoms with Gasteiger partial charge in [-0.25, -0.2) is 4.79 Å². The van der Waals surface area contributed by atoms with Crippen LogP contribution in [0, 0.1) is 4.91 Å². The Morgan fingerprint density at radius 3 is 1.64 bits per heavy atom. The molecule has 25 heavy (non-hydrogen) atoms. The van der Waals surface area contributed by atoms with Crippen LogP contribution < -0.4 is 34.7 Å². The number of rotatable bonds is 6. The average Bonchev–Trinajstić information content (AvgIpc) is 2.38. The predicted molar refractivity (Wildman–Crippen MR) is 80.4 cm³/mol. The molecule has 0 aromatic heterocycles. The summed E-state index contributed by atoms with van der Waals surface area (Å²) in [6.07, 6.45) is -0.103. The molecule has 0 aliphatic rings. The Hall–Kier alpha value is -1.78. The number of hydrogen-bond donors (Lipinski definition) is 1. The van der Waals surface area contributed by atoms with E-state index in [9.17, 15) is 19.3 Å². The molecule has 0 aromatic carbocycles. The molecule has 0 radical (unpaired) electrons. The van der Waals surface area contributed by atoms with Crippen molar-refractivity contribution in [2.24, 2.45) is 5.18 Å². The summed E-state index contributed by atoms with van der Waals surface area (Å²) in [4.78, 5) is 50.1. The van der Waals surface area contributed by atoms with E-state index >= 15 is 0 Å². The van der Waals surface area contributed by atoms with Gasteiger partial charge in [0.05, 0.1) is 13.2 Å². The van der Waals surface area contributed by atoms with E-state index in [4.69, 9.17) is 15.0 Å². The predicted octanol–water partition coefficient (Wildman–Crippen LogP) is -2.61. The Morgan fingerprint density at radius 2 is 1.40 bits per heavy atom. The number of nitroso groups, excluding NO2 is 1. The minimum atomic E-state index is -1.08. The molecule has 11 heteroatoms. The topological polar surface area (TPSA) is 159 Å². The van der Waals surface area contributed by atoms with Crippen LogP contribution in [-0.4, -0.2) is 42.0 Å². The van der Waals surface area contributed by atoms with Crippen molar-refractivity contribution in [3.8, 4) is 0 Å². The van der Waals surface area contributed by atoms with Gasteiger partial charge in [-0.15, -0.1) is 4.91 Å². The maximum Gasteiger partial charge on any atom is 1.00 e. The van der Waals surface area contributed by atoms with Crippen molar-refractivity contribution in [1.82, 2.24) is 0 Å². The van der Waals surface area contributed by atoms with Gasteiger partial charge in [0.1, 0.15) is 18.0 Å².